The van der Waals surface area contributed by atoms with Crippen molar-refractivity contribution in [3.8, 4) is 0 Å². The normalized spacial score (nSPS) is 29.6. The molecule has 1 aromatic heterocycles. The number of ether oxygens (including phenoxy) is 5. The lowest BCUT2D eigenvalue weighted by Gasteiger charge is -2.44. The molecule has 13 nitrogen and oxygen atoms in total. The highest BCUT2D eigenvalue weighted by Crippen LogP contribution is 2.49. The summed E-state index contributed by atoms with van der Waals surface area (Å²) in [4.78, 5) is 86.4. The summed E-state index contributed by atoms with van der Waals surface area (Å²) in [5.74, 6) is -9.17. The third-order valence-corrected chi connectivity index (χ3v) is 10.3. The van der Waals surface area contributed by atoms with Gasteiger partial charge in [-0.25, -0.2) is 9.59 Å². The molecule has 302 valence electrons. The Balaban J connectivity index is 2.08. The SMILES string of the molecule is C=C1[C@H](OC(=O)C(C)C)[C@@H](OC(=O)c2ccccc2)[C@@H](OC(=O)c2cccnc2)C(C)(C)/C=C/[C@@H](C)C(=O)[C@@]2(O)C[C@H](C)[C@H](OC(=O)C(C)C)[C@@H]2[C@H]1OC(C)=O. The predicted molar refractivity (Wildman–Crippen MR) is 203 cm³/mol. The number of allylic oxidation sites excluding steroid dienone is 1. The van der Waals surface area contributed by atoms with Crippen LogP contribution < -0.4 is 0 Å². The molecule has 0 unspecified atom stereocenters. The molecule has 0 aliphatic heterocycles. The zero-order chi connectivity index (χ0) is 41.7. The van der Waals surface area contributed by atoms with Gasteiger partial charge in [-0.3, -0.25) is 24.2 Å². The topological polar surface area (TPSA) is 182 Å². The summed E-state index contributed by atoms with van der Waals surface area (Å²) in [5.41, 5.74) is -3.65. The van der Waals surface area contributed by atoms with Crippen molar-refractivity contribution in [2.75, 3.05) is 0 Å². The molecular weight excluding hydrogens is 722 g/mol. The number of hydrogen-bond donors (Lipinski definition) is 1. The molecule has 1 fully saturated rings. The van der Waals surface area contributed by atoms with Crippen molar-refractivity contribution in [1.29, 1.82) is 0 Å². The quantitative estimate of drug-likeness (QED) is 0.188. The molecule has 0 saturated heterocycles. The number of ketones is 1. The first-order valence-corrected chi connectivity index (χ1v) is 18.8. The minimum absolute atomic E-state index is 0.0576. The summed E-state index contributed by atoms with van der Waals surface area (Å²) in [6.45, 7) is 18.3. The summed E-state index contributed by atoms with van der Waals surface area (Å²) in [6, 6.07) is 11.0. The summed E-state index contributed by atoms with van der Waals surface area (Å²) in [6.07, 6.45) is -2.14. The number of Topliss-reactive ketones (excluding diaryl/α,β-unsaturated/α-hetero) is 1. The van der Waals surface area contributed by atoms with Crippen LogP contribution in [0.5, 0.6) is 0 Å². The Morgan fingerprint density at radius 3 is 1.96 bits per heavy atom. The van der Waals surface area contributed by atoms with Gasteiger partial charge in [-0.2, -0.15) is 0 Å². The summed E-state index contributed by atoms with van der Waals surface area (Å²) < 4.78 is 30.5. The van der Waals surface area contributed by atoms with Gasteiger partial charge in [0.05, 0.1) is 28.9 Å². The molecular formula is C43H53NO12. The predicted octanol–water partition coefficient (Wildman–Crippen LogP) is 5.64. The van der Waals surface area contributed by atoms with Crippen LogP contribution in [0.1, 0.15) is 89.5 Å². The van der Waals surface area contributed by atoms with Gasteiger partial charge >= 0.3 is 29.8 Å². The Kier molecular flexibility index (Phi) is 13.8. The van der Waals surface area contributed by atoms with E-state index in [0.717, 1.165) is 6.92 Å². The Morgan fingerprint density at radius 2 is 1.39 bits per heavy atom. The molecule has 56 heavy (non-hydrogen) atoms. The highest BCUT2D eigenvalue weighted by molar-refractivity contribution is 5.92. The van der Waals surface area contributed by atoms with Crippen LogP contribution >= 0.6 is 0 Å². The Labute approximate surface area is 327 Å². The molecule has 0 radical (unpaired) electrons. The Morgan fingerprint density at radius 1 is 0.804 bits per heavy atom. The summed E-state index contributed by atoms with van der Waals surface area (Å²) in [7, 11) is 0. The van der Waals surface area contributed by atoms with Crippen molar-refractivity contribution < 1.29 is 57.6 Å². The number of carbonyl (C=O) groups excluding carboxylic acids is 6. The maximum absolute atomic E-state index is 14.5. The fourth-order valence-electron chi connectivity index (χ4n) is 7.18. The second-order valence-corrected chi connectivity index (χ2v) is 15.9. The summed E-state index contributed by atoms with van der Waals surface area (Å²) in [5, 5.41) is 12.6. The average Bonchev–Trinajstić information content (AvgIpc) is 3.41. The van der Waals surface area contributed by atoms with Crippen LogP contribution in [-0.4, -0.2) is 81.8 Å². The number of nitrogens with zero attached hydrogens (tertiary/aromatic N) is 1. The van der Waals surface area contributed by atoms with E-state index in [1.165, 1.54) is 42.7 Å². The van der Waals surface area contributed by atoms with E-state index in [2.05, 4.69) is 11.6 Å². The second-order valence-electron chi connectivity index (χ2n) is 15.9. The van der Waals surface area contributed by atoms with Gasteiger partial charge in [0.25, 0.3) is 0 Å². The lowest BCUT2D eigenvalue weighted by molar-refractivity contribution is -0.178. The molecule has 0 spiro atoms. The number of benzene rings is 1. The smallest absolute Gasteiger partial charge is 0.340 e. The third kappa shape index (κ3) is 9.61. The second kappa shape index (κ2) is 17.7. The van der Waals surface area contributed by atoms with Crippen LogP contribution in [0.4, 0.5) is 0 Å². The van der Waals surface area contributed by atoms with Gasteiger partial charge in [0.2, 0.25) is 0 Å². The van der Waals surface area contributed by atoms with E-state index < -0.39 is 107 Å². The zero-order valence-corrected chi connectivity index (χ0v) is 33.4. The van der Waals surface area contributed by atoms with Crippen molar-refractivity contribution in [3.05, 3.63) is 90.3 Å². The van der Waals surface area contributed by atoms with Crippen LogP contribution in [-0.2, 0) is 42.9 Å². The number of rotatable bonds is 9. The van der Waals surface area contributed by atoms with Gasteiger partial charge in [0.1, 0.15) is 17.8 Å². The Hall–Kier alpha value is -5.17. The van der Waals surface area contributed by atoms with Gasteiger partial charge in [-0.05, 0) is 36.6 Å². The molecule has 2 aromatic rings. The third-order valence-electron chi connectivity index (χ3n) is 10.3. The minimum Gasteiger partial charge on any atom is -0.461 e. The van der Waals surface area contributed by atoms with Gasteiger partial charge in [-0.15, -0.1) is 0 Å². The largest absolute Gasteiger partial charge is 0.461 e. The molecule has 1 heterocycles. The highest BCUT2D eigenvalue weighted by Gasteiger charge is 2.63. The minimum atomic E-state index is -2.27. The number of aliphatic hydroxyl groups is 1. The molecule has 13 heteroatoms. The first kappa shape index (κ1) is 43.6. The number of esters is 5. The van der Waals surface area contributed by atoms with Crippen molar-refractivity contribution >= 4 is 35.6 Å². The molecule has 0 amide bonds. The molecule has 1 aromatic carbocycles. The maximum Gasteiger partial charge on any atom is 0.340 e. The van der Waals surface area contributed by atoms with Crippen LogP contribution in [0.15, 0.2) is 79.2 Å². The molecule has 0 bridgehead atoms. The van der Waals surface area contributed by atoms with E-state index in [-0.39, 0.29) is 23.1 Å². The summed E-state index contributed by atoms with van der Waals surface area (Å²) >= 11 is 0. The van der Waals surface area contributed by atoms with Crippen LogP contribution in [0.25, 0.3) is 0 Å². The highest BCUT2D eigenvalue weighted by atomic mass is 16.6. The van der Waals surface area contributed by atoms with Gasteiger partial charge in [0.15, 0.2) is 24.1 Å². The van der Waals surface area contributed by atoms with E-state index in [9.17, 15) is 33.9 Å². The van der Waals surface area contributed by atoms with Gasteiger partial charge in [0, 0.05) is 36.2 Å². The molecule has 1 N–H and O–H groups in total. The number of carbonyl (C=O) groups is 6. The molecule has 1 saturated carbocycles. The van der Waals surface area contributed by atoms with Crippen molar-refractivity contribution in [2.45, 2.75) is 105 Å². The molecule has 9 atom stereocenters. The van der Waals surface area contributed by atoms with E-state index in [1.807, 2.05) is 0 Å². The number of fused-ring (bicyclic) bond motifs is 1. The van der Waals surface area contributed by atoms with Gasteiger partial charge in [-0.1, -0.05) is 92.3 Å². The van der Waals surface area contributed by atoms with E-state index in [0.29, 0.717) is 0 Å². The standard InChI is InChI=1S/C43H53NO12/c1-23(2)38(47)53-32-26(6)21-43(51)31(32)33(52-28(8)45)27(7)34(54-39(48)24(3)4)35(55-40(49)29-15-12-11-13-16-29)37(42(9,10)19-18-25(5)36(43)46)56-41(50)30-17-14-20-44-22-30/h11-20,22-26,31-35,37,51H,7,21H2,1-6,8-10H3/b19-18+/t25-,26+,31-,32+,33+,34+,35-,37-,43-/m1/s1. The van der Waals surface area contributed by atoms with Crippen molar-refractivity contribution in [1.82, 2.24) is 4.98 Å². The lowest BCUT2D eigenvalue weighted by atomic mass is 9.72. The van der Waals surface area contributed by atoms with E-state index in [4.69, 9.17) is 23.7 Å². The van der Waals surface area contributed by atoms with Crippen LogP contribution in [0.2, 0.25) is 0 Å². The number of hydrogen-bond acceptors (Lipinski definition) is 13. The molecule has 4 rings (SSSR count). The van der Waals surface area contributed by atoms with Crippen LogP contribution in [0.3, 0.4) is 0 Å². The first-order chi connectivity index (χ1) is 26.2. The monoisotopic (exact) mass is 775 g/mol. The van der Waals surface area contributed by atoms with Gasteiger partial charge < -0.3 is 28.8 Å². The molecule has 2 aliphatic carbocycles. The molecule has 2 aliphatic rings. The van der Waals surface area contributed by atoms with Crippen molar-refractivity contribution in [3.63, 3.8) is 0 Å². The fourth-order valence-corrected chi connectivity index (χ4v) is 7.18. The maximum atomic E-state index is 14.5. The van der Waals surface area contributed by atoms with E-state index >= 15 is 0 Å². The number of pyridine rings is 1. The van der Waals surface area contributed by atoms with E-state index in [1.54, 1.807) is 79.7 Å². The fraction of sp³-hybridized carbons (Fsp3) is 0.512. The zero-order valence-electron chi connectivity index (χ0n) is 33.4. The first-order valence-electron chi connectivity index (χ1n) is 18.8. The lowest BCUT2D eigenvalue weighted by Crippen LogP contribution is -2.58. The van der Waals surface area contributed by atoms with Crippen LogP contribution in [0, 0.1) is 35.0 Å². The Bertz CT molecular complexity index is 1820. The van der Waals surface area contributed by atoms with Crippen molar-refractivity contribution in [2.24, 2.45) is 35.0 Å². The number of aromatic nitrogens is 1. The average molecular weight is 776 g/mol.